The summed E-state index contributed by atoms with van der Waals surface area (Å²) in [5, 5.41) is 0. The van der Waals surface area contributed by atoms with E-state index in [2.05, 4.69) is 50.9 Å². The van der Waals surface area contributed by atoms with E-state index in [9.17, 15) is 4.79 Å². The van der Waals surface area contributed by atoms with E-state index in [1.165, 1.54) is 11.3 Å². The number of amides is 1. The summed E-state index contributed by atoms with van der Waals surface area (Å²) in [5.41, 5.74) is 2.04. The molecule has 2 fully saturated rings. The fourth-order valence-electron chi connectivity index (χ4n) is 3.71. The SMILES string of the molecule is C[C@@H]1CN(c2cc(Br)cc(CN3CCOCC3)c2)CCN1C(=O)OC(C)(C)C. The van der Waals surface area contributed by atoms with Crippen LogP contribution >= 0.6 is 15.9 Å². The first-order chi connectivity index (χ1) is 13.2. The number of piperazine rings is 1. The largest absolute Gasteiger partial charge is 0.444 e. The molecule has 6 nitrogen and oxygen atoms in total. The zero-order valence-electron chi connectivity index (χ0n) is 17.4. The van der Waals surface area contributed by atoms with Gasteiger partial charge in [0.25, 0.3) is 0 Å². The molecule has 1 aromatic rings. The first kappa shape index (κ1) is 21.4. The van der Waals surface area contributed by atoms with Crippen molar-refractivity contribution in [3.8, 4) is 0 Å². The number of anilines is 1. The Balaban J connectivity index is 1.65. The molecule has 0 radical (unpaired) electrons. The molecule has 3 rings (SSSR count). The maximum Gasteiger partial charge on any atom is 0.410 e. The highest BCUT2D eigenvalue weighted by Crippen LogP contribution is 2.27. The Hall–Kier alpha value is -1.31. The van der Waals surface area contributed by atoms with E-state index in [-0.39, 0.29) is 12.1 Å². The molecule has 1 atom stereocenters. The maximum atomic E-state index is 12.5. The van der Waals surface area contributed by atoms with Crippen LogP contribution in [0.5, 0.6) is 0 Å². The minimum Gasteiger partial charge on any atom is -0.444 e. The van der Waals surface area contributed by atoms with E-state index in [4.69, 9.17) is 9.47 Å². The fourth-order valence-corrected chi connectivity index (χ4v) is 4.24. The van der Waals surface area contributed by atoms with Gasteiger partial charge >= 0.3 is 6.09 Å². The van der Waals surface area contributed by atoms with Crippen molar-refractivity contribution in [1.82, 2.24) is 9.80 Å². The lowest BCUT2D eigenvalue weighted by atomic mass is 10.1. The lowest BCUT2D eigenvalue weighted by molar-refractivity contribution is 0.0159. The number of halogens is 1. The van der Waals surface area contributed by atoms with Crippen LogP contribution in [-0.4, -0.2) is 73.5 Å². The monoisotopic (exact) mass is 453 g/mol. The molecule has 1 amide bonds. The van der Waals surface area contributed by atoms with Crippen molar-refractivity contribution in [3.05, 3.63) is 28.2 Å². The number of nitrogens with zero attached hydrogens (tertiary/aromatic N) is 3. The predicted molar refractivity (Wildman–Crippen MR) is 115 cm³/mol. The van der Waals surface area contributed by atoms with Crippen molar-refractivity contribution in [2.24, 2.45) is 0 Å². The number of ether oxygens (including phenoxy) is 2. The van der Waals surface area contributed by atoms with Gasteiger partial charge in [0, 0.05) is 55.5 Å². The molecule has 2 saturated heterocycles. The average Bonchev–Trinajstić information content (AvgIpc) is 2.60. The van der Waals surface area contributed by atoms with Crippen LogP contribution in [-0.2, 0) is 16.0 Å². The molecule has 2 heterocycles. The van der Waals surface area contributed by atoms with Crippen LogP contribution in [0.4, 0.5) is 10.5 Å². The van der Waals surface area contributed by atoms with E-state index >= 15 is 0 Å². The Morgan fingerprint density at radius 2 is 1.89 bits per heavy atom. The number of hydrogen-bond acceptors (Lipinski definition) is 5. The van der Waals surface area contributed by atoms with Crippen molar-refractivity contribution in [1.29, 1.82) is 0 Å². The van der Waals surface area contributed by atoms with Crippen molar-refractivity contribution < 1.29 is 14.3 Å². The van der Waals surface area contributed by atoms with Crippen LogP contribution in [0.15, 0.2) is 22.7 Å². The van der Waals surface area contributed by atoms with E-state index in [1.54, 1.807) is 0 Å². The molecule has 28 heavy (non-hydrogen) atoms. The Morgan fingerprint density at radius 3 is 2.54 bits per heavy atom. The van der Waals surface area contributed by atoms with Gasteiger partial charge in [-0.2, -0.15) is 0 Å². The van der Waals surface area contributed by atoms with Gasteiger partial charge in [-0.1, -0.05) is 15.9 Å². The highest BCUT2D eigenvalue weighted by molar-refractivity contribution is 9.10. The van der Waals surface area contributed by atoms with Crippen molar-refractivity contribution in [2.75, 3.05) is 50.8 Å². The van der Waals surface area contributed by atoms with Gasteiger partial charge in [0.1, 0.15) is 5.60 Å². The fraction of sp³-hybridized carbons (Fsp3) is 0.667. The zero-order chi connectivity index (χ0) is 20.3. The molecular weight excluding hydrogens is 422 g/mol. The molecule has 2 aliphatic heterocycles. The van der Waals surface area contributed by atoms with Gasteiger partial charge < -0.3 is 19.3 Å². The normalized spacial score (nSPS) is 21.7. The Morgan fingerprint density at radius 1 is 1.18 bits per heavy atom. The lowest BCUT2D eigenvalue weighted by Crippen LogP contribution is -2.55. The van der Waals surface area contributed by atoms with E-state index < -0.39 is 5.60 Å². The van der Waals surface area contributed by atoms with Gasteiger partial charge in [-0.05, 0) is 51.5 Å². The Kier molecular flexibility index (Phi) is 6.89. The first-order valence-corrected chi connectivity index (χ1v) is 10.8. The summed E-state index contributed by atoms with van der Waals surface area (Å²) < 4.78 is 12.1. The van der Waals surface area contributed by atoms with Gasteiger partial charge in [0.15, 0.2) is 0 Å². The van der Waals surface area contributed by atoms with E-state index in [0.29, 0.717) is 6.54 Å². The second kappa shape index (κ2) is 9.01. The highest BCUT2D eigenvalue weighted by atomic mass is 79.9. The summed E-state index contributed by atoms with van der Waals surface area (Å²) in [6, 6.07) is 6.74. The number of hydrogen-bond donors (Lipinski definition) is 0. The van der Waals surface area contributed by atoms with E-state index in [0.717, 1.165) is 50.4 Å². The number of benzene rings is 1. The minimum atomic E-state index is -0.466. The summed E-state index contributed by atoms with van der Waals surface area (Å²) in [4.78, 5) is 19.1. The summed E-state index contributed by atoms with van der Waals surface area (Å²) >= 11 is 3.67. The maximum absolute atomic E-state index is 12.5. The van der Waals surface area contributed by atoms with Gasteiger partial charge in [0.2, 0.25) is 0 Å². The third-order valence-electron chi connectivity index (χ3n) is 5.07. The van der Waals surface area contributed by atoms with Crippen LogP contribution < -0.4 is 4.90 Å². The van der Waals surface area contributed by atoms with Gasteiger partial charge in [0.05, 0.1) is 13.2 Å². The molecule has 0 unspecified atom stereocenters. The second-order valence-electron chi connectivity index (χ2n) is 8.67. The van der Waals surface area contributed by atoms with Crippen LogP contribution in [0.1, 0.15) is 33.3 Å². The number of carbonyl (C=O) groups excluding carboxylic acids is 1. The van der Waals surface area contributed by atoms with Crippen molar-refractivity contribution >= 4 is 27.7 Å². The molecule has 0 bridgehead atoms. The molecule has 1 aromatic carbocycles. The average molecular weight is 454 g/mol. The van der Waals surface area contributed by atoms with Crippen molar-refractivity contribution in [2.45, 2.75) is 45.9 Å². The van der Waals surface area contributed by atoms with Gasteiger partial charge in [-0.3, -0.25) is 4.90 Å². The molecule has 2 aliphatic rings. The van der Waals surface area contributed by atoms with Crippen LogP contribution in [0.2, 0.25) is 0 Å². The molecule has 7 heteroatoms. The third kappa shape index (κ3) is 5.84. The minimum absolute atomic E-state index is 0.102. The zero-order valence-corrected chi connectivity index (χ0v) is 19.0. The smallest absolute Gasteiger partial charge is 0.410 e. The van der Waals surface area contributed by atoms with Gasteiger partial charge in [-0.15, -0.1) is 0 Å². The number of carbonyl (C=O) groups is 1. The molecule has 0 saturated carbocycles. The summed E-state index contributed by atoms with van der Waals surface area (Å²) in [7, 11) is 0. The molecule has 0 aliphatic carbocycles. The van der Waals surface area contributed by atoms with Crippen LogP contribution in [0.3, 0.4) is 0 Å². The molecule has 156 valence electrons. The standard InChI is InChI=1S/C21H32BrN3O3/c1-16-14-24(5-6-25(16)20(26)28-21(2,3)4)19-12-17(11-18(22)13-19)15-23-7-9-27-10-8-23/h11-13,16H,5-10,14-15H2,1-4H3/t16-/m1/s1. The highest BCUT2D eigenvalue weighted by Gasteiger charge is 2.31. The quantitative estimate of drug-likeness (QED) is 0.697. The van der Waals surface area contributed by atoms with Gasteiger partial charge in [-0.25, -0.2) is 4.79 Å². The number of rotatable bonds is 3. The Labute approximate surface area is 176 Å². The molecule has 0 N–H and O–H groups in total. The van der Waals surface area contributed by atoms with E-state index in [1.807, 2.05) is 25.7 Å². The topological polar surface area (TPSA) is 45.2 Å². The van der Waals surface area contributed by atoms with Crippen molar-refractivity contribution in [3.63, 3.8) is 0 Å². The second-order valence-corrected chi connectivity index (χ2v) is 9.59. The van der Waals surface area contributed by atoms with Crippen LogP contribution in [0.25, 0.3) is 0 Å². The molecule has 0 aromatic heterocycles. The molecule has 0 spiro atoms. The van der Waals surface area contributed by atoms with Crippen LogP contribution in [0, 0.1) is 0 Å². The summed E-state index contributed by atoms with van der Waals surface area (Å²) in [6.07, 6.45) is -0.220. The predicted octanol–water partition coefficient (Wildman–Crippen LogP) is 3.73. The summed E-state index contributed by atoms with van der Waals surface area (Å²) in [6.45, 7) is 14.6. The Bertz CT molecular complexity index is 686. The lowest BCUT2D eigenvalue weighted by Gasteiger charge is -2.41. The first-order valence-electron chi connectivity index (χ1n) is 10.1. The summed E-state index contributed by atoms with van der Waals surface area (Å²) in [5.74, 6) is 0. The molecular formula is C21H32BrN3O3. The third-order valence-corrected chi connectivity index (χ3v) is 5.53. The number of morpholine rings is 1.